The van der Waals surface area contributed by atoms with Crippen molar-refractivity contribution >= 4 is 34.0 Å². The minimum atomic E-state index is -0.532. The van der Waals surface area contributed by atoms with E-state index >= 15 is 0 Å². The van der Waals surface area contributed by atoms with Gasteiger partial charge in [0.05, 0.1) is 37.0 Å². The van der Waals surface area contributed by atoms with E-state index in [9.17, 15) is 4.79 Å². The van der Waals surface area contributed by atoms with Crippen molar-refractivity contribution < 1.29 is 19.0 Å². The molecule has 2 heterocycles. The average molecular weight is 420 g/mol. The van der Waals surface area contributed by atoms with Crippen LogP contribution in [-0.4, -0.2) is 40.8 Å². The number of aromatic nitrogens is 3. The molecular weight excluding hydrogens is 396 g/mol. The number of hydrogen-bond donors (Lipinski definition) is 1. The average Bonchev–Trinajstić information content (AvgIpc) is 3.07. The number of anilines is 1. The molecule has 2 N–H and O–H groups in total. The fraction of sp³-hybridized carbons (Fsp3) is 0.261. The third kappa shape index (κ3) is 3.61. The van der Waals surface area contributed by atoms with Crippen LogP contribution in [0.2, 0.25) is 0 Å². The molecule has 0 aliphatic heterocycles. The minimum Gasteiger partial charge on any atom is -0.497 e. The van der Waals surface area contributed by atoms with Gasteiger partial charge in [0, 0.05) is 18.2 Å². The highest BCUT2D eigenvalue weighted by Crippen LogP contribution is 2.34. The summed E-state index contributed by atoms with van der Waals surface area (Å²) < 4.78 is 18.1. The molecule has 4 aromatic rings. The van der Waals surface area contributed by atoms with Gasteiger partial charge in [-0.1, -0.05) is 19.1 Å². The molecule has 31 heavy (non-hydrogen) atoms. The molecule has 8 nitrogen and oxygen atoms in total. The zero-order chi connectivity index (χ0) is 22.1. The van der Waals surface area contributed by atoms with Gasteiger partial charge in [0.25, 0.3) is 0 Å². The van der Waals surface area contributed by atoms with Gasteiger partial charge in [-0.05, 0) is 25.5 Å². The molecule has 0 unspecified atom stereocenters. The van der Waals surface area contributed by atoms with Crippen molar-refractivity contribution in [2.24, 2.45) is 0 Å². The number of rotatable bonds is 6. The van der Waals surface area contributed by atoms with Gasteiger partial charge in [0.15, 0.2) is 5.65 Å². The van der Waals surface area contributed by atoms with E-state index < -0.39 is 5.97 Å². The quantitative estimate of drug-likeness (QED) is 0.468. The summed E-state index contributed by atoms with van der Waals surface area (Å²) in [5.41, 5.74) is 9.51. The predicted octanol–water partition coefficient (Wildman–Crippen LogP) is 4.13. The van der Waals surface area contributed by atoms with Gasteiger partial charge >= 0.3 is 5.97 Å². The van der Waals surface area contributed by atoms with Crippen LogP contribution < -0.4 is 15.2 Å². The third-order valence-electron chi connectivity index (χ3n) is 5.18. The van der Waals surface area contributed by atoms with Gasteiger partial charge in [-0.3, -0.25) is 4.57 Å². The number of ether oxygens (including phenoxy) is 3. The van der Waals surface area contributed by atoms with Crippen LogP contribution in [0, 0.1) is 0 Å². The summed E-state index contributed by atoms with van der Waals surface area (Å²) in [6, 6.07) is 12.8. The number of esters is 1. The molecule has 2 aromatic carbocycles. The number of carbonyl (C=O) groups is 1. The summed E-state index contributed by atoms with van der Waals surface area (Å²) in [7, 11) is 3.13. The molecule has 0 bridgehead atoms. The summed E-state index contributed by atoms with van der Waals surface area (Å²) >= 11 is 0. The van der Waals surface area contributed by atoms with Crippen LogP contribution in [0.25, 0.3) is 27.9 Å². The summed E-state index contributed by atoms with van der Waals surface area (Å²) in [5.74, 6) is 0.810. The molecule has 160 valence electrons. The number of nitrogens with zero attached hydrogens (tertiary/aromatic N) is 3. The number of nitrogens with two attached hydrogens (primary N) is 1. The van der Waals surface area contributed by atoms with Crippen LogP contribution in [0.5, 0.6) is 11.5 Å². The van der Waals surface area contributed by atoms with Crippen LogP contribution in [0.4, 0.5) is 5.82 Å². The smallest absolute Gasteiger partial charge is 0.344 e. The maximum absolute atomic E-state index is 13.0. The van der Waals surface area contributed by atoms with Crippen molar-refractivity contribution in [2.45, 2.75) is 26.4 Å². The Morgan fingerprint density at radius 1 is 1.06 bits per heavy atom. The molecule has 0 saturated heterocycles. The second-order valence-electron chi connectivity index (χ2n) is 7.18. The van der Waals surface area contributed by atoms with Crippen molar-refractivity contribution in [3.05, 3.63) is 48.0 Å². The van der Waals surface area contributed by atoms with Crippen LogP contribution in [0.1, 0.15) is 30.6 Å². The number of benzene rings is 2. The van der Waals surface area contributed by atoms with Crippen molar-refractivity contribution in [3.63, 3.8) is 0 Å². The lowest BCUT2D eigenvalue weighted by Crippen LogP contribution is -2.15. The number of hydrogen-bond acceptors (Lipinski definition) is 7. The normalized spacial score (nSPS) is 12.1. The number of para-hydroxylation sites is 2. The van der Waals surface area contributed by atoms with E-state index in [1.54, 1.807) is 37.0 Å². The molecule has 0 spiro atoms. The fourth-order valence-electron chi connectivity index (χ4n) is 3.37. The highest BCUT2D eigenvalue weighted by molar-refractivity contribution is 6.09. The Balaban J connectivity index is 2.04. The summed E-state index contributed by atoms with van der Waals surface area (Å²) in [5, 5.41) is 0. The summed E-state index contributed by atoms with van der Waals surface area (Å²) in [4.78, 5) is 22.5. The van der Waals surface area contributed by atoms with Crippen molar-refractivity contribution in [1.29, 1.82) is 0 Å². The first-order chi connectivity index (χ1) is 15.0. The van der Waals surface area contributed by atoms with Crippen LogP contribution in [0.3, 0.4) is 0 Å². The molecule has 0 saturated carbocycles. The van der Waals surface area contributed by atoms with E-state index in [4.69, 9.17) is 29.9 Å². The number of fused-ring (bicyclic) bond motifs is 2. The van der Waals surface area contributed by atoms with Crippen molar-refractivity contribution in [2.75, 3.05) is 20.0 Å². The first-order valence-electron chi connectivity index (χ1n) is 9.97. The highest BCUT2D eigenvalue weighted by Gasteiger charge is 2.27. The van der Waals surface area contributed by atoms with Gasteiger partial charge < -0.3 is 19.9 Å². The highest BCUT2D eigenvalue weighted by atomic mass is 16.5. The van der Waals surface area contributed by atoms with E-state index in [2.05, 4.69) is 0 Å². The molecule has 0 aliphatic carbocycles. The zero-order valence-corrected chi connectivity index (χ0v) is 17.9. The fourth-order valence-corrected chi connectivity index (χ4v) is 3.37. The second-order valence-corrected chi connectivity index (χ2v) is 7.18. The van der Waals surface area contributed by atoms with Gasteiger partial charge in [0.2, 0.25) is 0 Å². The lowest BCUT2D eigenvalue weighted by Gasteiger charge is -2.12. The minimum absolute atomic E-state index is 0.189. The monoisotopic (exact) mass is 420 g/mol. The standard InChI is InChI=1S/C23H24N4O4/c1-5-13(2)31-23(28)19-20-22(26-18-9-7-6-8-17(18)25-20)27(21(19)24)14-10-15(29-3)12-16(11-14)30-4/h6-13H,5,24H2,1-4H3/t13-/m1/s1. The lowest BCUT2D eigenvalue weighted by atomic mass is 10.2. The molecule has 0 aliphatic rings. The maximum atomic E-state index is 13.0. The molecule has 0 fully saturated rings. The Morgan fingerprint density at radius 3 is 2.26 bits per heavy atom. The Hall–Kier alpha value is -3.81. The second kappa shape index (κ2) is 8.14. The molecule has 8 heteroatoms. The van der Waals surface area contributed by atoms with Gasteiger partial charge in [-0.2, -0.15) is 0 Å². The Kier molecular flexibility index (Phi) is 5.37. The largest absolute Gasteiger partial charge is 0.497 e. The number of nitrogen functional groups attached to an aromatic ring is 1. The van der Waals surface area contributed by atoms with E-state index in [-0.39, 0.29) is 17.5 Å². The molecule has 4 rings (SSSR count). The summed E-state index contributed by atoms with van der Waals surface area (Å²) in [6.07, 6.45) is 0.432. The maximum Gasteiger partial charge on any atom is 0.344 e. The van der Waals surface area contributed by atoms with Crippen molar-refractivity contribution in [3.8, 4) is 17.2 Å². The molecule has 2 aromatic heterocycles. The third-order valence-corrected chi connectivity index (χ3v) is 5.18. The predicted molar refractivity (Wildman–Crippen MR) is 119 cm³/mol. The Labute approximate surface area is 179 Å². The van der Waals surface area contributed by atoms with Gasteiger partial charge in [-0.15, -0.1) is 0 Å². The SMILES string of the molecule is CC[C@@H](C)OC(=O)c1c(N)n(-c2cc(OC)cc(OC)c2)c2nc3ccccc3nc12. The lowest BCUT2D eigenvalue weighted by molar-refractivity contribution is 0.0338. The first-order valence-corrected chi connectivity index (χ1v) is 9.97. The van der Waals surface area contributed by atoms with Gasteiger partial charge in [0.1, 0.15) is 28.4 Å². The molecule has 1 atom stereocenters. The van der Waals surface area contributed by atoms with Crippen LogP contribution in [0.15, 0.2) is 42.5 Å². The number of carbonyl (C=O) groups excluding carboxylic acids is 1. The van der Waals surface area contributed by atoms with Crippen LogP contribution in [-0.2, 0) is 4.74 Å². The number of methoxy groups -OCH3 is 2. The first kappa shape index (κ1) is 20.5. The van der Waals surface area contributed by atoms with Gasteiger partial charge in [-0.25, -0.2) is 14.8 Å². The zero-order valence-electron chi connectivity index (χ0n) is 17.9. The van der Waals surface area contributed by atoms with E-state index in [0.29, 0.717) is 45.8 Å². The van der Waals surface area contributed by atoms with E-state index in [1.807, 2.05) is 38.1 Å². The van der Waals surface area contributed by atoms with Crippen molar-refractivity contribution in [1.82, 2.24) is 14.5 Å². The molecule has 0 radical (unpaired) electrons. The van der Waals surface area contributed by atoms with E-state index in [0.717, 1.165) is 0 Å². The Morgan fingerprint density at radius 2 is 1.68 bits per heavy atom. The van der Waals surface area contributed by atoms with E-state index in [1.165, 1.54) is 0 Å². The molecular formula is C23H24N4O4. The Bertz CT molecular complexity index is 1260. The topological polar surface area (TPSA) is 101 Å². The molecule has 0 amide bonds. The van der Waals surface area contributed by atoms with Crippen LogP contribution >= 0.6 is 0 Å². The summed E-state index contributed by atoms with van der Waals surface area (Å²) in [6.45, 7) is 3.78.